The van der Waals surface area contributed by atoms with Gasteiger partial charge in [-0.25, -0.2) is 19.2 Å². The Morgan fingerprint density at radius 1 is 1.17 bits per heavy atom. The van der Waals surface area contributed by atoms with Gasteiger partial charge in [-0.05, 0) is 68.4 Å². The predicted octanol–water partition coefficient (Wildman–Crippen LogP) is 5.85. The minimum Gasteiger partial charge on any atom is -0.379 e. The quantitative estimate of drug-likeness (QED) is 0.195. The number of thiazole rings is 1. The van der Waals surface area contributed by atoms with E-state index < -0.39 is 5.91 Å². The van der Waals surface area contributed by atoms with Crippen molar-refractivity contribution in [3.63, 3.8) is 0 Å². The van der Waals surface area contributed by atoms with Crippen LogP contribution in [0.2, 0.25) is 0 Å². The van der Waals surface area contributed by atoms with Crippen LogP contribution in [-0.2, 0) is 16.1 Å². The molecule has 2 aliphatic rings. The van der Waals surface area contributed by atoms with E-state index >= 15 is 0 Å². The van der Waals surface area contributed by atoms with Crippen LogP contribution in [0.25, 0.3) is 36.0 Å². The molecule has 2 unspecified atom stereocenters. The lowest BCUT2D eigenvalue weighted by atomic mass is 9.96. The first-order valence-corrected chi connectivity index (χ1v) is 18.6. The zero-order valence-electron chi connectivity index (χ0n) is 25.6. The van der Waals surface area contributed by atoms with Crippen molar-refractivity contribution in [3.8, 4) is 10.6 Å². The maximum atomic E-state index is 14.0. The molecule has 11 nitrogen and oxygen atoms in total. The largest absolute Gasteiger partial charge is 0.379 e. The number of thiophene rings is 2. The second kappa shape index (κ2) is 12.4. The average molecular weight is 705 g/mol. The van der Waals surface area contributed by atoms with Gasteiger partial charge < -0.3 is 15.4 Å². The topological polar surface area (TPSA) is 134 Å². The third-order valence-corrected chi connectivity index (χ3v) is 12.9. The number of hydrogen-bond acceptors (Lipinski definition) is 11. The third-order valence-electron chi connectivity index (χ3n) is 9.11. The van der Waals surface area contributed by atoms with Gasteiger partial charge in [0.1, 0.15) is 16.3 Å². The number of carbonyl (C=O) groups is 2. The van der Waals surface area contributed by atoms with E-state index in [0.29, 0.717) is 46.9 Å². The van der Waals surface area contributed by atoms with Gasteiger partial charge in [0.15, 0.2) is 17.0 Å². The number of nitrogens with two attached hydrogens (primary N) is 1. The van der Waals surface area contributed by atoms with Crippen molar-refractivity contribution >= 4 is 88.3 Å². The number of ether oxygens (including phenoxy) is 1. The molecule has 0 bridgehead atoms. The molecule has 6 aromatic rings. The second-order valence-electron chi connectivity index (χ2n) is 12.3. The Labute approximate surface area is 287 Å². The van der Waals surface area contributed by atoms with Crippen molar-refractivity contribution in [2.24, 2.45) is 11.7 Å². The summed E-state index contributed by atoms with van der Waals surface area (Å²) in [5.41, 5.74) is 8.56. The van der Waals surface area contributed by atoms with Crippen LogP contribution in [0.3, 0.4) is 0 Å². The molecule has 0 aromatic carbocycles. The fourth-order valence-electron chi connectivity index (χ4n) is 6.84. The van der Waals surface area contributed by atoms with Crippen LogP contribution in [0, 0.1) is 12.8 Å². The number of thiocarbonyl (C=S) groups is 1. The summed E-state index contributed by atoms with van der Waals surface area (Å²) in [5.74, 6) is 0.245. The monoisotopic (exact) mass is 704 g/mol. The van der Waals surface area contributed by atoms with Crippen LogP contribution in [-0.4, -0.2) is 76.7 Å². The van der Waals surface area contributed by atoms with Crippen LogP contribution < -0.4 is 5.73 Å². The lowest BCUT2D eigenvalue weighted by Gasteiger charge is -2.31. The van der Waals surface area contributed by atoms with Crippen molar-refractivity contribution < 1.29 is 14.3 Å². The molecule has 8 rings (SSSR count). The van der Waals surface area contributed by atoms with E-state index in [1.165, 1.54) is 36.7 Å². The Morgan fingerprint density at radius 3 is 2.91 bits per heavy atom. The molecule has 1 saturated heterocycles. The molecular weight excluding hydrogens is 673 g/mol. The van der Waals surface area contributed by atoms with E-state index in [9.17, 15) is 9.59 Å². The summed E-state index contributed by atoms with van der Waals surface area (Å²) in [6.45, 7) is 3.30. The Balaban J connectivity index is 1.01. The number of primary amides is 1. The van der Waals surface area contributed by atoms with E-state index in [1.807, 2.05) is 35.4 Å². The van der Waals surface area contributed by atoms with Crippen LogP contribution >= 0.6 is 46.2 Å². The Bertz CT molecular complexity index is 2130. The summed E-state index contributed by atoms with van der Waals surface area (Å²) < 4.78 is 12.4. The molecule has 2 N–H and O–H groups in total. The lowest BCUT2D eigenvalue weighted by Crippen LogP contribution is -2.48. The highest BCUT2D eigenvalue weighted by molar-refractivity contribution is 7.80. The van der Waals surface area contributed by atoms with E-state index in [0.717, 1.165) is 47.5 Å². The Hall–Kier alpha value is -3.63. The summed E-state index contributed by atoms with van der Waals surface area (Å²) in [6.07, 6.45) is 8.50. The maximum Gasteiger partial charge on any atom is 0.270 e. The van der Waals surface area contributed by atoms with Crippen molar-refractivity contribution in [1.82, 2.24) is 34.3 Å². The number of rotatable bonds is 8. The van der Waals surface area contributed by atoms with E-state index in [2.05, 4.69) is 32.7 Å². The Kier molecular flexibility index (Phi) is 8.12. The van der Waals surface area contributed by atoms with E-state index in [-0.39, 0.29) is 24.2 Å². The number of hydrogen-bond donors (Lipinski definition) is 1. The first-order chi connectivity index (χ1) is 22.8. The molecule has 1 saturated carbocycles. The number of nitrogens with zero attached hydrogens (tertiary/aromatic N) is 7. The van der Waals surface area contributed by atoms with Gasteiger partial charge in [0.25, 0.3) is 5.91 Å². The number of aryl methyl sites for hydroxylation is 1. The molecule has 0 spiro atoms. The molecule has 242 valence electrons. The normalized spacial score (nSPS) is 20.4. The van der Waals surface area contributed by atoms with Gasteiger partial charge in [-0.1, -0.05) is 12.2 Å². The minimum atomic E-state index is -0.674. The molecule has 2 amide bonds. The van der Waals surface area contributed by atoms with Gasteiger partial charge >= 0.3 is 0 Å². The molecule has 0 radical (unpaired) electrons. The predicted molar refractivity (Wildman–Crippen MR) is 189 cm³/mol. The summed E-state index contributed by atoms with van der Waals surface area (Å²) >= 11 is 11.1. The van der Waals surface area contributed by atoms with Crippen molar-refractivity contribution in [1.29, 1.82) is 0 Å². The standard InChI is InChI=1S/C32H32N8O3S4/c1-17-9-26-34-13-20(14-39(26)36-17)32-35-31-29(47-32)28(30(33)42)37-40(31)15-27(41)38-6-2-7-43-16-21(38)22(44)11-18-3-4-19(10-18)24-12-25-23(46-24)5-8-45-25/h5,8-9,12-14,18-19,21H,2-4,6-7,10-11,15-16H2,1H3,(H2,33,42)/t18?,19?,21-/m0/s1. The lowest BCUT2D eigenvalue weighted by molar-refractivity contribution is -0.133. The molecule has 7 heterocycles. The zero-order valence-corrected chi connectivity index (χ0v) is 28.9. The van der Waals surface area contributed by atoms with Crippen LogP contribution in [0.4, 0.5) is 0 Å². The molecule has 3 atom stereocenters. The molecule has 47 heavy (non-hydrogen) atoms. The highest BCUT2D eigenvalue weighted by atomic mass is 32.1. The smallest absolute Gasteiger partial charge is 0.270 e. The van der Waals surface area contributed by atoms with Crippen LogP contribution in [0.5, 0.6) is 0 Å². The fraction of sp³-hybridized carbons (Fsp3) is 0.406. The summed E-state index contributed by atoms with van der Waals surface area (Å²) in [5, 5.41) is 11.7. The van der Waals surface area contributed by atoms with Gasteiger partial charge in [-0.15, -0.1) is 34.0 Å². The van der Waals surface area contributed by atoms with Crippen molar-refractivity contribution in [2.45, 2.75) is 57.5 Å². The maximum absolute atomic E-state index is 14.0. The fourth-order valence-corrected chi connectivity index (χ4v) is 10.6. The van der Waals surface area contributed by atoms with Gasteiger partial charge in [0, 0.05) is 56.3 Å². The van der Waals surface area contributed by atoms with Gasteiger partial charge in [-0.2, -0.15) is 10.2 Å². The highest BCUT2D eigenvalue weighted by Crippen LogP contribution is 2.45. The first-order valence-electron chi connectivity index (χ1n) is 15.7. The van der Waals surface area contributed by atoms with Gasteiger partial charge in [0.2, 0.25) is 5.91 Å². The third kappa shape index (κ3) is 5.88. The molecule has 2 fully saturated rings. The summed E-state index contributed by atoms with van der Waals surface area (Å²) in [6, 6.07) is 6.17. The van der Waals surface area contributed by atoms with Crippen LogP contribution in [0.15, 0.2) is 36.0 Å². The highest BCUT2D eigenvalue weighted by Gasteiger charge is 2.34. The number of aromatic nitrogens is 6. The molecule has 15 heteroatoms. The number of amides is 2. The SMILES string of the molecule is Cc1cc2ncc(-c3nc4c(s3)c(C(N)=O)nn4CC(=O)N3CCCOC[C@H]3C(=S)CC3CCC(c4cc5sccc5s4)C3)cn2n1. The van der Waals surface area contributed by atoms with E-state index in [4.69, 9.17) is 27.7 Å². The zero-order chi connectivity index (χ0) is 32.2. The van der Waals surface area contributed by atoms with Crippen molar-refractivity contribution in [2.75, 3.05) is 19.8 Å². The second-order valence-corrected chi connectivity index (χ2v) is 15.9. The van der Waals surface area contributed by atoms with Crippen LogP contribution in [0.1, 0.15) is 59.1 Å². The molecule has 1 aliphatic heterocycles. The molecular formula is C32H32N8O3S4. The average Bonchev–Trinajstić information content (AvgIpc) is 3.87. The minimum absolute atomic E-state index is 0.0909. The molecule has 1 aliphatic carbocycles. The number of fused-ring (bicyclic) bond motifs is 3. The number of carbonyl (C=O) groups excluding carboxylic acids is 2. The Morgan fingerprint density at radius 2 is 2.06 bits per heavy atom. The molecule has 6 aromatic heterocycles. The summed E-state index contributed by atoms with van der Waals surface area (Å²) in [4.78, 5) is 39.9. The van der Waals surface area contributed by atoms with Gasteiger partial charge in [-0.3, -0.25) is 9.59 Å². The van der Waals surface area contributed by atoms with E-state index in [1.54, 1.807) is 22.0 Å². The first kappa shape index (κ1) is 30.7. The summed E-state index contributed by atoms with van der Waals surface area (Å²) in [7, 11) is 0. The van der Waals surface area contributed by atoms with Crippen molar-refractivity contribution in [3.05, 3.63) is 52.2 Å². The van der Waals surface area contributed by atoms with Gasteiger partial charge in [0.05, 0.1) is 18.3 Å².